The predicted octanol–water partition coefficient (Wildman–Crippen LogP) is -0.833. The molecule has 2 fully saturated rings. The molecule has 0 bridgehead atoms. The number of hydrogen-bond acceptors (Lipinski definition) is 6. The van der Waals surface area contributed by atoms with Crippen molar-refractivity contribution in [1.82, 2.24) is 10.2 Å². The second-order valence-corrected chi connectivity index (χ2v) is 6.15. The van der Waals surface area contributed by atoms with Crippen molar-refractivity contribution in [3.8, 4) is 0 Å². The number of thioether (sulfide) groups is 1. The smallest absolute Gasteiger partial charge is 0.320 e. The highest BCUT2D eigenvalue weighted by Crippen LogP contribution is 2.38. The summed E-state index contributed by atoms with van der Waals surface area (Å²) < 4.78 is 32.8. The fourth-order valence-corrected chi connectivity index (χ4v) is 3.19. The average Bonchev–Trinajstić information content (AvgIpc) is 2.68. The molecule has 0 aromatic carbocycles. The van der Waals surface area contributed by atoms with Gasteiger partial charge in [0.15, 0.2) is 6.10 Å². The Bertz CT molecular complexity index is 390. The number of urea groups is 1. The van der Waals surface area contributed by atoms with E-state index in [2.05, 4.69) is 5.32 Å². The van der Waals surface area contributed by atoms with Crippen molar-refractivity contribution in [3.05, 3.63) is 0 Å². The van der Waals surface area contributed by atoms with Gasteiger partial charge in [0.2, 0.25) is 6.23 Å². The van der Waals surface area contributed by atoms with Crippen LogP contribution in [0.2, 0.25) is 0 Å². The van der Waals surface area contributed by atoms with Crippen LogP contribution in [0.5, 0.6) is 0 Å². The van der Waals surface area contributed by atoms with Gasteiger partial charge in [0.25, 0.3) is 0 Å². The summed E-state index contributed by atoms with van der Waals surface area (Å²) in [5.74, 6) is -3.21. The summed E-state index contributed by atoms with van der Waals surface area (Å²) in [6, 6.07) is -0.716. The molecule has 0 aliphatic carbocycles. The lowest BCUT2D eigenvalue weighted by Gasteiger charge is -2.37. The molecule has 0 aromatic heterocycles. The van der Waals surface area contributed by atoms with Gasteiger partial charge in [-0.25, -0.2) is 4.79 Å². The van der Waals surface area contributed by atoms with Crippen LogP contribution >= 0.6 is 11.8 Å². The summed E-state index contributed by atoms with van der Waals surface area (Å²) in [5, 5.41) is 29.4. The third-order valence-corrected chi connectivity index (χ3v) is 4.60. The predicted molar refractivity (Wildman–Crippen MR) is 69.9 cm³/mol. The molecule has 122 valence electrons. The molecule has 0 saturated carbocycles. The van der Waals surface area contributed by atoms with E-state index >= 15 is 0 Å². The van der Waals surface area contributed by atoms with Crippen molar-refractivity contribution < 1.29 is 33.6 Å². The molecule has 2 aliphatic heterocycles. The van der Waals surface area contributed by atoms with Crippen molar-refractivity contribution in [3.63, 3.8) is 0 Å². The lowest BCUT2D eigenvalue weighted by molar-refractivity contribution is -0.156. The van der Waals surface area contributed by atoms with E-state index in [9.17, 15) is 18.7 Å². The molecule has 10 heteroatoms. The van der Waals surface area contributed by atoms with Crippen molar-refractivity contribution in [2.75, 3.05) is 25.5 Å². The van der Waals surface area contributed by atoms with Crippen LogP contribution in [-0.2, 0) is 4.74 Å². The second-order valence-electron chi connectivity index (χ2n) is 4.84. The molecule has 0 spiro atoms. The van der Waals surface area contributed by atoms with E-state index in [-0.39, 0.29) is 18.5 Å². The van der Waals surface area contributed by atoms with Crippen molar-refractivity contribution >= 4 is 17.8 Å². The average molecular weight is 328 g/mol. The number of rotatable bonds is 5. The third kappa shape index (κ3) is 3.24. The van der Waals surface area contributed by atoms with Crippen LogP contribution in [0.4, 0.5) is 13.6 Å². The molecule has 21 heavy (non-hydrogen) atoms. The standard InChI is InChI=1S/C11H18F2N2O5S/c12-11(13)8(18)6(5-17)20-9(11)15-2-1-7(14-10(15)19)21-4-3-16/h6-9,16-18H,1-5H2,(H,14,19)/t6-,7?,8-,9-/m1/s1. The Labute approximate surface area is 124 Å². The van der Waals surface area contributed by atoms with E-state index in [4.69, 9.17) is 14.9 Å². The van der Waals surface area contributed by atoms with Crippen LogP contribution in [0.1, 0.15) is 6.42 Å². The molecule has 2 saturated heterocycles. The number of halogens is 2. The summed E-state index contributed by atoms with van der Waals surface area (Å²) in [7, 11) is 0. The van der Waals surface area contributed by atoms with Crippen molar-refractivity contribution in [1.29, 1.82) is 0 Å². The normalized spacial score (nSPS) is 35.9. The van der Waals surface area contributed by atoms with E-state index in [1.165, 1.54) is 11.8 Å². The van der Waals surface area contributed by atoms with Gasteiger partial charge in [-0.05, 0) is 6.42 Å². The number of hydrogen-bond donors (Lipinski definition) is 4. The number of alkyl halides is 2. The molecular formula is C11H18F2N2O5S. The van der Waals surface area contributed by atoms with Gasteiger partial charge in [-0.3, -0.25) is 4.90 Å². The zero-order valence-corrected chi connectivity index (χ0v) is 11.9. The van der Waals surface area contributed by atoms with E-state index in [0.29, 0.717) is 12.2 Å². The number of ether oxygens (including phenoxy) is 1. The lowest BCUT2D eigenvalue weighted by atomic mass is 10.1. The number of nitrogens with one attached hydrogen (secondary N) is 1. The molecule has 2 amide bonds. The van der Waals surface area contributed by atoms with Gasteiger partial charge in [-0.2, -0.15) is 8.78 Å². The molecule has 0 aromatic rings. The van der Waals surface area contributed by atoms with E-state index in [1.807, 2.05) is 0 Å². The minimum atomic E-state index is -3.64. The number of nitrogens with zero attached hydrogens (tertiary/aromatic N) is 1. The topological polar surface area (TPSA) is 102 Å². The van der Waals surface area contributed by atoms with Crippen LogP contribution in [0.15, 0.2) is 0 Å². The molecule has 4 atom stereocenters. The number of aliphatic hydroxyl groups excluding tert-OH is 3. The van der Waals surface area contributed by atoms with Crippen molar-refractivity contribution in [2.45, 2.75) is 36.2 Å². The first kappa shape index (κ1) is 16.7. The third-order valence-electron chi connectivity index (χ3n) is 3.43. The van der Waals surface area contributed by atoms with Crippen LogP contribution in [-0.4, -0.2) is 81.5 Å². The van der Waals surface area contributed by atoms with Gasteiger partial charge in [0.05, 0.1) is 18.6 Å². The Kier molecular flexibility index (Phi) is 5.25. The van der Waals surface area contributed by atoms with Crippen LogP contribution in [0.3, 0.4) is 0 Å². The molecule has 2 aliphatic rings. The lowest BCUT2D eigenvalue weighted by Crippen LogP contribution is -2.59. The summed E-state index contributed by atoms with van der Waals surface area (Å²) in [6.45, 7) is -0.743. The van der Waals surface area contributed by atoms with Gasteiger partial charge in [-0.15, -0.1) is 11.8 Å². The molecule has 1 unspecified atom stereocenters. The SMILES string of the molecule is O=C1NC(SCCO)CCN1[C@@H]1O[C@H](CO)[C@@H](O)C1(F)F. The Balaban J connectivity index is 2.01. The maximum absolute atomic E-state index is 14.0. The quantitative estimate of drug-likeness (QED) is 0.525. The Morgan fingerprint density at radius 1 is 1.48 bits per heavy atom. The van der Waals surface area contributed by atoms with Gasteiger partial charge < -0.3 is 25.4 Å². The first-order valence-electron chi connectivity index (χ1n) is 6.53. The Hall–Kier alpha value is -0.680. The highest BCUT2D eigenvalue weighted by Gasteiger charge is 2.61. The van der Waals surface area contributed by atoms with E-state index in [1.54, 1.807) is 0 Å². The maximum atomic E-state index is 14.0. The van der Waals surface area contributed by atoms with Gasteiger partial charge >= 0.3 is 12.0 Å². The van der Waals surface area contributed by atoms with Gasteiger partial charge in [-0.1, -0.05) is 0 Å². The van der Waals surface area contributed by atoms with Gasteiger partial charge in [0, 0.05) is 12.3 Å². The van der Waals surface area contributed by atoms with Crippen molar-refractivity contribution in [2.24, 2.45) is 0 Å². The zero-order chi connectivity index (χ0) is 15.6. The highest BCUT2D eigenvalue weighted by atomic mass is 32.2. The zero-order valence-electron chi connectivity index (χ0n) is 11.1. The molecule has 2 heterocycles. The molecule has 2 rings (SSSR count). The highest BCUT2D eigenvalue weighted by molar-refractivity contribution is 7.99. The van der Waals surface area contributed by atoms with E-state index in [0.717, 1.165) is 4.90 Å². The number of aliphatic hydroxyl groups is 3. The second kappa shape index (κ2) is 6.61. The summed E-state index contributed by atoms with van der Waals surface area (Å²) >= 11 is 1.32. The van der Waals surface area contributed by atoms with Gasteiger partial charge in [0.1, 0.15) is 6.10 Å². The fourth-order valence-electron chi connectivity index (χ4n) is 2.34. The monoisotopic (exact) mass is 328 g/mol. The molecule has 0 radical (unpaired) electrons. The van der Waals surface area contributed by atoms with Crippen LogP contribution in [0.25, 0.3) is 0 Å². The number of carbonyl (C=O) groups is 1. The Morgan fingerprint density at radius 3 is 2.71 bits per heavy atom. The van der Waals surface area contributed by atoms with E-state index < -0.39 is 37.0 Å². The summed E-state index contributed by atoms with van der Waals surface area (Å²) in [5.41, 5.74) is 0. The molecular weight excluding hydrogens is 310 g/mol. The summed E-state index contributed by atoms with van der Waals surface area (Å²) in [4.78, 5) is 12.8. The summed E-state index contributed by atoms with van der Waals surface area (Å²) in [6.07, 6.45) is -5.05. The number of amides is 2. The number of carbonyl (C=O) groups excluding carboxylic acids is 1. The maximum Gasteiger partial charge on any atom is 0.320 e. The first-order chi connectivity index (χ1) is 9.91. The molecule has 7 nitrogen and oxygen atoms in total. The Morgan fingerprint density at radius 2 is 2.19 bits per heavy atom. The van der Waals surface area contributed by atoms with Crippen LogP contribution in [0, 0.1) is 0 Å². The largest absolute Gasteiger partial charge is 0.396 e. The van der Waals surface area contributed by atoms with Crippen LogP contribution < -0.4 is 5.32 Å². The molecule has 4 N–H and O–H groups in total. The minimum Gasteiger partial charge on any atom is -0.396 e. The first-order valence-corrected chi connectivity index (χ1v) is 7.58. The fraction of sp³-hybridized carbons (Fsp3) is 0.909. The minimum absolute atomic E-state index is 0.0328.